The molecular formula is C15H28N4O4. The Bertz CT molecular complexity index is 374. The summed E-state index contributed by atoms with van der Waals surface area (Å²) in [7, 11) is 0. The van der Waals surface area contributed by atoms with Crippen molar-refractivity contribution in [3.05, 3.63) is 0 Å². The summed E-state index contributed by atoms with van der Waals surface area (Å²) in [5.74, 6) is -0.804. The fourth-order valence-corrected chi connectivity index (χ4v) is 1.73. The fourth-order valence-electron chi connectivity index (χ4n) is 1.73. The van der Waals surface area contributed by atoms with Gasteiger partial charge in [0.15, 0.2) is 0 Å². The Hall–Kier alpha value is -1.96. The molecule has 0 saturated heterocycles. The maximum Gasteiger partial charge on any atom is 0.239 e. The van der Waals surface area contributed by atoms with Crippen molar-refractivity contribution in [3.63, 3.8) is 0 Å². The van der Waals surface area contributed by atoms with Gasteiger partial charge in [0.05, 0.1) is 19.6 Å². The molecule has 0 aliphatic rings. The van der Waals surface area contributed by atoms with Crippen LogP contribution in [0.1, 0.15) is 39.0 Å². The minimum atomic E-state index is -0.423. The van der Waals surface area contributed by atoms with Gasteiger partial charge in [-0.15, -0.1) is 0 Å². The monoisotopic (exact) mass is 328 g/mol. The number of aldehydes is 1. The van der Waals surface area contributed by atoms with Gasteiger partial charge in [-0.25, -0.2) is 0 Å². The Kier molecular flexibility index (Phi) is 13.7. The van der Waals surface area contributed by atoms with Gasteiger partial charge in [-0.05, 0) is 6.42 Å². The van der Waals surface area contributed by atoms with E-state index in [9.17, 15) is 19.2 Å². The van der Waals surface area contributed by atoms with Crippen molar-refractivity contribution in [2.45, 2.75) is 39.0 Å². The first-order chi connectivity index (χ1) is 11.1. The van der Waals surface area contributed by atoms with E-state index in [1.807, 2.05) is 0 Å². The van der Waals surface area contributed by atoms with Gasteiger partial charge >= 0.3 is 0 Å². The molecular weight excluding hydrogens is 300 g/mol. The maximum atomic E-state index is 11.5. The molecule has 0 aromatic heterocycles. The summed E-state index contributed by atoms with van der Waals surface area (Å²) in [6, 6.07) is 0. The van der Waals surface area contributed by atoms with Crippen molar-refractivity contribution in [1.29, 1.82) is 0 Å². The minimum absolute atomic E-state index is 0.0325. The predicted octanol–water partition coefficient (Wildman–Crippen LogP) is -0.906. The number of hydrogen-bond donors (Lipinski definition) is 4. The molecule has 0 rings (SSSR count). The van der Waals surface area contributed by atoms with Crippen LogP contribution in [0.4, 0.5) is 0 Å². The number of nitrogens with one attached hydrogen (secondary N) is 4. The fraction of sp³-hybridized carbons (Fsp3) is 0.733. The van der Waals surface area contributed by atoms with Crippen molar-refractivity contribution < 1.29 is 19.2 Å². The van der Waals surface area contributed by atoms with Gasteiger partial charge in [0.2, 0.25) is 17.7 Å². The Morgan fingerprint density at radius 2 is 1.57 bits per heavy atom. The zero-order valence-corrected chi connectivity index (χ0v) is 13.8. The molecule has 0 aliphatic carbocycles. The number of rotatable bonds is 14. The molecule has 0 atom stereocenters. The van der Waals surface area contributed by atoms with E-state index >= 15 is 0 Å². The lowest BCUT2D eigenvalue weighted by Crippen LogP contribution is -2.41. The molecule has 3 amide bonds. The van der Waals surface area contributed by atoms with Gasteiger partial charge in [0.25, 0.3) is 0 Å². The van der Waals surface area contributed by atoms with Gasteiger partial charge in [-0.2, -0.15) is 0 Å². The van der Waals surface area contributed by atoms with Crippen molar-refractivity contribution in [2.24, 2.45) is 0 Å². The molecule has 0 radical (unpaired) electrons. The van der Waals surface area contributed by atoms with Crippen molar-refractivity contribution in [3.8, 4) is 0 Å². The van der Waals surface area contributed by atoms with E-state index in [1.165, 1.54) is 12.8 Å². The largest absolute Gasteiger partial charge is 0.356 e. The Morgan fingerprint density at radius 3 is 2.26 bits per heavy atom. The number of amides is 3. The van der Waals surface area contributed by atoms with Gasteiger partial charge in [0, 0.05) is 19.5 Å². The average Bonchev–Trinajstić information content (AvgIpc) is 2.54. The molecule has 0 unspecified atom stereocenters. The SMILES string of the molecule is CCCCCCNC(=O)CCNCC(=O)NCC(=O)NCC=O. The van der Waals surface area contributed by atoms with Crippen molar-refractivity contribution in [2.75, 3.05) is 32.7 Å². The second kappa shape index (κ2) is 15.0. The van der Waals surface area contributed by atoms with Crippen LogP contribution < -0.4 is 21.3 Å². The highest BCUT2D eigenvalue weighted by Crippen LogP contribution is 1.96. The summed E-state index contributed by atoms with van der Waals surface area (Å²) in [6.07, 6.45) is 5.33. The number of carbonyl (C=O) groups is 4. The van der Waals surface area contributed by atoms with Crippen molar-refractivity contribution >= 4 is 24.0 Å². The van der Waals surface area contributed by atoms with Gasteiger partial charge in [-0.1, -0.05) is 26.2 Å². The van der Waals surface area contributed by atoms with E-state index in [1.54, 1.807) is 0 Å². The highest BCUT2D eigenvalue weighted by atomic mass is 16.2. The first-order valence-corrected chi connectivity index (χ1v) is 8.04. The van der Waals surface area contributed by atoms with Gasteiger partial charge in [0.1, 0.15) is 6.29 Å². The molecule has 132 valence electrons. The highest BCUT2D eigenvalue weighted by molar-refractivity contribution is 5.86. The molecule has 8 nitrogen and oxygen atoms in total. The first kappa shape index (κ1) is 21.0. The van der Waals surface area contributed by atoms with Gasteiger partial charge < -0.3 is 26.1 Å². The summed E-state index contributed by atoms with van der Waals surface area (Å²) >= 11 is 0. The highest BCUT2D eigenvalue weighted by Gasteiger charge is 2.05. The average molecular weight is 328 g/mol. The standard InChI is InChI=1S/C15H28N4O4/c1-2-3-4-5-7-17-13(21)6-8-16-11-14(22)19-12-15(23)18-9-10-20/h10,16H,2-9,11-12H2,1H3,(H,17,21)(H,18,23)(H,19,22). The molecule has 8 heteroatoms. The molecule has 0 bridgehead atoms. The van der Waals surface area contributed by atoms with E-state index in [4.69, 9.17) is 0 Å². The summed E-state index contributed by atoms with van der Waals surface area (Å²) in [5.41, 5.74) is 0. The molecule has 0 fully saturated rings. The van der Waals surface area contributed by atoms with E-state index in [0.29, 0.717) is 25.8 Å². The van der Waals surface area contributed by atoms with Crippen molar-refractivity contribution in [1.82, 2.24) is 21.3 Å². The topological polar surface area (TPSA) is 116 Å². The summed E-state index contributed by atoms with van der Waals surface area (Å²) < 4.78 is 0. The number of hydrogen-bond acceptors (Lipinski definition) is 5. The van der Waals surface area contributed by atoms with E-state index in [0.717, 1.165) is 12.8 Å². The molecule has 0 saturated carbocycles. The van der Waals surface area contributed by atoms with Crippen LogP contribution in [-0.4, -0.2) is 56.7 Å². The maximum absolute atomic E-state index is 11.5. The van der Waals surface area contributed by atoms with E-state index in [-0.39, 0.29) is 31.4 Å². The summed E-state index contributed by atoms with van der Waals surface area (Å²) in [5, 5.41) is 10.4. The molecule has 0 aromatic carbocycles. The first-order valence-electron chi connectivity index (χ1n) is 8.04. The smallest absolute Gasteiger partial charge is 0.239 e. The minimum Gasteiger partial charge on any atom is -0.356 e. The molecule has 0 spiro atoms. The van der Waals surface area contributed by atoms with Crippen LogP contribution in [0.5, 0.6) is 0 Å². The van der Waals surface area contributed by atoms with Crippen LogP contribution in [-0.2, 0) is 19.2 Å². The molecule has 23 heavy (non-hydrogen) atoms. The number of unbranched alkanes of at least 4 members (excludes halogenated alkanes) is 3. The van der Waals surface area contributed by atoms with Crippen LogP contribution in [0.3, 0.4) is 0 Å². The lowest BCUT2D eigenvalue weighted by atomic mass is 10.2. The molecule has 0 aliphatic heterocycles. The normalized spacial score (nSPS) is 9.96. The van der Waals surface area contributed by atoms with Crippen LogP contribution in [0.2, 0.25) is 0 Å². The Labute approximate surface area is 137 Å². The number of carbonyl (C=O) groups excluding carboxylic acids is 4. The summed E-state index contributed by atoms with van der Waals surface area (Å²) in [6.45, 7) is 3.01. The predicted molar refractivity (Wildman–Crippen MR) is 86.7 cm³/mol. The van der Waals surface area contributed by atoms with Crippen LogP contribution >= 0.6 is 0 Å². The Balaban J connectivity index is 3.48. The van der Waals surface area contributed by atoms with Gasteiger partial charge in [-0.3, -0.25) is 14.4 Å². The lowest BCUT2D eigenvalue weighted by Gasteiger charge is -2.07. The third-order valence-corrected chi connectivity index (χ3v) is 3.00. The zero-order valence-electron chi connectivity index (χ0n) is 13.8. The quantitative estimate of drug-likeness (QED) is 0.243. The van der Waals surface area contributed by atoms with E-state index in [2.05, 4.69) is 28.2 Å². The zero-order chi connectivity index (χ0) is 17.3. The molecule has 0 aromatic rings. The Morgan fingerprint density at radius 1 is 0.826 bits per heavy atom. The third-order valence-electron chi connectivity index (χ3n) is 3.00. The van der Waals surface area contributed by atoms with Crippen LogP contribution in [0.25, 0.3) is 0 Å². The van der Waals surface area contributed by atoms with E-state index < -0.39 is 5.91 Å². The molecule has 0 heterocycles. The summed E-state index contributed by atoms with van der Waals surface area (Å²) in [4.78, 5) is 44.1. The van der Waals surface area contributed by atoms with Crippen LogP contribution in [0, 0.1) is 0 Å². The van der Waals surface area contributed by atoms with Crippen LogP contribution in [0.15, 0.2) is 0 Å². The third kappa shape index (κ3) is 14.7. The lowest BCUT2D eigenvalue weighted by molar-refractivity contribution is -0.126. The second-order valence-corrected chi connectivity index (χ2v) is 5.08. The second-order valence-electron chi connectivity index (χ2n) is 5.08. The molecule has 4 N–H and O–H groups in total.